The SMILES string of the molecule is CN1CCN(c2ccc(Nc3nc(NCc4cccnc4N(C)S(C)(=O)=O)c4c(F)c[nH]c4n3)cc2)CC1. The van der Waals surface area contributed by atoms with Crippen LogP contribution in [0.3, 0.4) is 0 Å². The molecule has 1 aliphatic rings. The van der Waals surface area contributed by atoms with Gasteiger partial charge in [-0.3, -0.25) is 4.31 Å². The van der Waals surface area contributed by atoms with E-state index in [0.717, 1.165) is 48.1 Å². The van der Waals surface area contributed by atoms with Crippen LogP contribution in [0.4, 0.5) is 33.3 Å². The first-order valence-corrected chi connectivity index (χ1v) is 14.0. The van der Waals surface area contributed by atoms with Crippen molar-refractivity contribution in [2.45, 2.75) is 6.54 Å². The van der Waals surface area contributed by atoms with E-state index in [0.29, 0.717) is 11.2 Å². The van der Waals surface area contributed by atoms with E-state index in [1.807, 2.05) is 12.1 Å². The Labute approximate surface area is 220 Å². The summed E-state index contributed by atoms with van der Waals surface area (Å²) in [5.74, 6) is 0.336. The maximum absolute atomic E-state index is 14.6. The Bertz CT molecular complexity index is 1530. The van der Waals surface area contributed by atoms with Crippen molar-refractivity contribution in [3.8, 4) is 0 Å². The molecule has 3 aromatic heterocycles. The number of anilines is 5. The number of benzene rings is 1. The standard InChI is InChI=1S/C25H30FN9O2S/c1-33-11-13-35(14-12-33)19-8-6-18(7-9-19)30-25-31-22(21-20(26)16-29-23(21)32-25)28-15-17-5-4-10-27-24(17)34(2)38(3,36)37/h4-10,16H,11-15H2,1-3H3,(H3,28,29,30,31,32). The number of nitrogens with one attached hydrogen (secondary N) is 3. The summed E-state index contributed by atoms with van der Waals surface area (Å²) in [6.45, 7) is 4.19. The van der Waals surface area contributed by atoms with Crippen LogP contribution in [-0.2, 0) is 16.6 Å². The van der Waals surface area contributed by atoms with E-state index >= 15 is 0 Å². The zero-order chi connectivity index (χ0) is 26.9. The van der Waals surface area contributed by atoms with Gasteiger partial charge < -0.3 is 25.4 Å². The molecule has 0 bridgehead atoms. The second kappa shape index (κ2) is 10.4. The van der Waals surface area contributed by atoms with Crippen molar-refractivity contribution in [1.29, 1.82) is 0 Å². The van der Waals surface area contributed by atoms with Crippen LogP contribution in [0.25, 0.3) is 11.0 Å². The van der Waals surface area contributed by atoms with E-state index in [1.165, 1.54) is 19.4 Å². The van der Waals surface area contributed by atoms with Crippen LogP contribution in [-0.4, -0.2) is 79.8 Å². The van der Waals surface area contributed by atoms with Crippen LogP contribution < -0.4 is 19.8 Å². The summed E-state index contributed by atoms with van der Waals surface area (Å²) in [4.78, 5) is 20.7. The lowest BCUT2D eigenvalue weighted by Crippen LogP contribution is -2.44. The minimum Gasteiger partial charge on any atom is -0.369 e. The van der Waals surface area contributed by atoms with Crippen molar-refractivity contribution < 1.29 is 12.8 Å². The Hall–Kier alpha value is -3.97. The predicted octanol–water partition coefficient (Wildman–Crippen LogP) is 3.00. The number of rotatable bonds is 8. The first-order chi connectivity index (χ1) is 18.2. The molecule has 0 aliphatic carbocycles. The Balaban J connectivity index is 1.37. The third-order valence-corrected chi connectivity index (χ3v) is 7.75. The molecule has 38 heavy (non-hydrogen) atoms. The molecule has 4 aromatic rings. The topological polar surface area (TPSA) is 122 Å². The lowest BCUT2D eigenvalue weighted by molar-refractivity contribution is 0.313. The second-order valence-corrected chi connectivity index (χ2v) is 11.3. The summed E-state index contributed by atoms with van der Waals surface area (Å²) < 4.78 is 39.9. The summed E-state index contributed by atoms with van der Waals surface area (Å²) in [7, 11) is 0.0557. The minimum absolute atomic E-state index is 0.166. The third kappa shape index (κ3) is 5.48. The molecule has 0 radical (unpaired) electrons. The minimum atomic E-state index is -3.51. The highest BCUT2D eigenvalue weighted by Crippen LogP contribution is 2.28. The number of aromatic nitrogens is 4. The Morgan fingerprint density at radius 2 is 1.84 bits per heavy atom. The molecule has 0 atom stereocenters. The van der Waals surface area contributed by atoms with Crippen molar-refractivity contribution in [2.75, 3.05) is 66.4 Å². The molecule has 0 spiro atoms. The molecule has 1 saturated heterocycles. The molecule has 200 valence electrons. The van der Waals surface area contributed by atoms with Gasteiger partial charge in [0.05, 0.1) is 11.6 Å². The fourth-order valence-corrected chi connectivity index (χ4v) is 4.79. The lowest BCUT2D eigenvalue weighted by atomic mass is 10.2. The van der Waals surface area contributed by atoms with E-state index in [1.54, 1.807) is 12.1 Å². The zero-order valence-corrected chi connectivity index (χ0v) is 22.3. The number of likely N-dealkylation sites (N-methyl/N-ethyl adjacent to an activating group) is 1. The van der Waals surface area contributed by atoms with Gasteiger partial charge in [-0.25, -0.2) is 17.8 Å². The lowest BCUT2D eigenvalue weighted by Gasteiger charge is -2.34. The highest BCUT2D eigenvalue weighted by atomic mass is 32.2. The van der Waals surface area contributed by atoms with Gasteiger partial charge in [-0.1, -0.05) is 6.07 Å². The predicted molar refractivity (Wildman–Crippen MR) is 148 cm³/mol. The Morgan fingerprint density at radius 3 is 2.55 bits per heavy atom. The second-order valence-electron chi connectivity index (χ2n) is 9.29. The van der Waals surface area contributed by atoms with Gasteiger partial charge in [-0.2, -0.15) is 9.97 Å². The van der Waals surface area contributed by atoms with E-state index in [-0.39, 0.29) is 29.5 Å². The number of aromatic amines is 1. The quantitative estimate of drug-likeness (QED) is 0.310. The normalized spacial score (nSPS) is 14.6. The van der Waals surface area contributed by atoms with Gasteiger partial charge in [-0.15, -0.1) is 0 Å². The number of H-pyrrole nitrogens is 1. The number of hydrogen-bond donors (Lipinski definition) is 3. The smallest absolute Gasteiger partial charge is 0.233 e. The van der Waals surface area contributed by atoms with Crippen molar-refractivity contribution >= 4 is 50.0 Å². The molecule has 0 amide bonds. The van der Waals surface area contributed by atoms with Gasteiger partial charge >= 0.3 is 0 Å². The maximum atomic E-state index is 14.6. The van der Waals surface area contributed by atoms with Crippen LogP contribution >= 0.6 is 0 Å². The van der Waals surface area contributed by atoms with E-state index in [2.05, 4.69) is 59.5 Å². The van der Waals surface area contributed by atoms with Crippen LogP contribution in [0.5, 0.6) is 0 Å². The number of halogens is 1. The van der Waals surface area contributed by atoms with Crippen LogP contribution in [0.15, 0.2) is 48.8 Å². The van der Waals surface area contributed by atoms with Gasteiger partial charge in [0, 0.05) is 69.1 Å². The van der Waals surface area contributed by atoms with E-state index < -0.39 is 15.8 Å². The highest BCUT2D eigenvalue weighted by Gasteiger charge is 2.19. The van der Waals surface area contributed by atoms with Crippen molar-refractivity contribution in [1.82, 2.24) is 24.8 Å². The Kier molecular flexibility index (Phi) is 7.04. The molecule has 3 N–H and O–H groups in total. The molecular formula is C25H30FN9O2S. The van der Waals surface area contributed by atoms with Gasteiger partial charge in [0.1, 0.15) is 17.3 Å². The summed E-state index contributed by atoms with van der Waals surface area (Å²) in [6.07, 6.45) is 3.86. The molecule has 0 saturated carbocycles. The monoisotopic (exact) mass is 539 g/mol. The number of nitrogens with zero attached hydrogens (tertiary/aromatic N) is 6. The van der Waals surface area contributed by atoms with E-state index in [4.69, 9.17) is 0 Å². The van der Waals surface area contributed by atoms with Crippen molar-refractivity contribution in [2.24, 2.45) is 0 Å². The molecule has 4 heterocycles. The molecule has 1 fully saturated rings. The Morgan fingerprint density at radius 1 is 1.11 bits per heavy atom. The zero-order valence-electron chi connectivity index (χ0n) is 21.4. The van der Waals surface area contributed by atoms with Crippen LogP contribution in [0, 0.1) is 5.82 Å². The number of sulfonamides is 1. The van der Waals surface area contributed by atoms with Crippen molar-refractivity contribution in [3.63, 3.8) is 0 Å². The average Bonchev–Trinajstić information content (AvgIpc) is 3.28. The highest BCUT2D eigenvalue weighted by molar-refractivity contribution is 7.92. The maximum Gasteiger partial charge on any atom is 0.233 e. The third-order valence-electron chi connectivity index (χ3n) is 6.58. The van der Waals surface area contributed by atoms with Crippen LogP contribution in [0.1, 0.15) is 5.56 Å². The van der Waals surface area contributed by atoms with Gasteiger partial charge in [0.2, 0.25) is 16.0 Å². The number of pyridine rings is 1. The number of hydrogen-bond acceptors (Lipinski definition) is 9. The van der Waals surface area contributed by atoms with Gasteiger partial charge in [-0.05, 0) is 37.4 Å². The van der Waals surface area contributed by atoms with Crippen molar-refractivity contribution in [3.05, 3.63) is 60.2 Å². The van der Waals surface area contributed by atoms with E-state index in [9.17, 15) is 12.8 Å². The van der Waals surface area contributed by atoms with Gasteiger partial charge in [0.25, 0.3) is 0 Å². The molecule has 1 aliphatic heterocycles. The first-order valence-electron chi connectivity index (χ1n) is 12.2. The molecule has 5 rings (SSSR count). The number of fused-ring (bicyclic) bond motifs is 1. The number of piperazine rings is 1. The average molecular weight is 540 g/mol. The fourth-order valence-electron chi connectivity index (χ4n) is 4.32. The molecule has 0 unspecified atom stereocenters. The first kappa shape index (κ1) is 25.7. The molecule has 13 heteroatoms. The molecule has 11 nitrogen and oxygen atoms in total. The molecular weight excluding hydrogens is 509 g/mol. The van der Waals surface area contributed by atoms with Crippen LogP contribution in [0.2, 0.25) is 0 Å². The summed E-state index contributed by atoms with van der Waals surface area (Å²) >= 11 is 0. The largest absolute Gasteiger partial charge is 0.369 e. The fraction of sp³-hybridized carbons (Fsp3) is 0.320. The molecule has 1 aromatic carbocycles. The summed E-state index contributed by atoms with van der Waals surface area (Å²) in [6, 6.07) is 11.5. The summed E-state index contributed by atoms with van der Waals surface area (Å²) in [5.41, 5.74) is 2.89. The van der Waals surface area contributed by atoms with Gasteiger partial charge in [0.15, 0.2) is 5.82 Å². The summed E-state index contributed by atoms with van der Waals surface area (Å²) in [5, 5.41) is 6.55.